The van der Waals surface area contributed by atoms with Gasteiger partial charge >= 0.3 is 0 Å². The molecule has 0 saturated heterocycles. The molecule has 124 valence electrons. The third kappa shape index (κ3) is 4.27. The summed E-state index contributed by atoms with van der Waals surface area (Å²) in [4.78, 5) is 9.05. The predicted octanol–water partition coefficient (Wildman–Crippen LogP) is 2.94. The minimum Gasteiger partial charge on any atom is -0.415 e. The van der Waals surface area contributed by atoms with Gasteiger partial charge in [-0.2, -0.15) is 0 Å². The van der Waals surface area contributed by atoms with Crippen molar-refractivity contribution in [3.8, 4) is 0 Å². The van der Waals surface area contributed by atoms with Gasteiger partial charge in [0.2, 0.25) is 5.95 Å². The molecule has 1 atom stereocenters. The Kier molecular flexibility index (Phi) is 5.24. The van der Waals surface area contributed by atoms with Crippen molar-refractivity contribution in [1.82, 2.24) is 15.3 Å². The summed E-state index contributed by atoms with van der Waals surface area (Å²) in [5, 5.41) is 6.95. The molecule has 5 nitrogen and oxygen atoms in total. The van der Waals surface area contributed by atoms with Gasteiger partial charge in [0, 0.05) is 18.8 Å². The van der Waals surface area contributed by atoms with Gasteiger partial charge in [0.1, 0.15) is 0 Å². The molecule has 0 aliphatic carbocycles. The van der Waals surface area contributed by atoms with E-state index in [0.29, 0.717) is 12.6 Å². The van der Waals surface area contributed by atoms with Crippen molar-refractivity contribution in [3.05, 3.63) is 17.5 Å². The molecule has 2 rings (SSSR count). The van der Waals surface area contributed by atoms with E-state index in [0.717, 1.165) is 25.2 Å². The number of fused-ring (bicyclic) bond motifs is 1. The molecule has 1 unspecified atom stereocenters. The van der Waals surface area contributed by atoms with Crippen LogP contribution in [0.15, 0.2) is 6.20 Å². The first kappa shape index (κ1) is 17.4. The van der Waals surface area contributed by atoms with Crippen LogP contribution in [0.2, 0.25) is 18.1 Å². The summed E-state index contributed by atoms with van der Waals surface area (Å²) < 4.78 is 6.25. The van der Waals surface area contributed by atoms with Crippen molar-refractivity contribution >= 4 is 14.3 Å². The SMILES string of the molecule is CC(CO[Si](C)(C)C(C)(C)C)Nc1ncc2c(n1)CNCC2. The second-order valence-electron chi connectivity index (χ2n) is 7.71. The van der Waals surface area contributed by atoms with E-state index >= 15 is 0 Å². The van der Waals surface area contributed by atoms with Crippen LogP contribution < -0.4 is 10.6 Å². The van der Waals surface area contributed by atoms with E-state index < -0.39 is 8.32 Å². The van der Waals surface area contributed by atoms with Gasteiger partial charge in [-0.15, -0.1) is 0 Å². The van der Waals surface area contributed by atoms with E-state index in [-0.39, 0.29) is 11.1 Å². The average molecular weight is 323 g/mol. The molecule has 0 fully saturated rings. The first-order valence-corrected chi connectivity index (χ1v) is 11.1. The molecule has 2 heterocycles. The summed E-state index contributed by atoms with van der Waals surface area (Å²) in [6, 6.07) is 0.198. The van der Waals surface area contributed by atoms with Gasteiger partial charge in [-0.05, 0) is 43.6 Å². The van der Waals surface area contributed by atoms with E-state index in [1.54, 1.807) is 0 Å². The molecule has 22 heavy (non-hydrogen) atoms. The van der Waals surface area contributed by atoms with Crippen LogP contribution in [0.4, 0.5) is 5.95 Å². The van der Waals surface area contributed by atoms with Crippen LogP contribution in [0.25, 0.3) is 0 Å². The van der Waals surface area contributed by atoms with Crippen molar-refractivity contribution in [2.45, 2.75) is 64.8 Å². The number of rotatable bonds is 5. The maximum absolute atomic E-state index is 6.25. The number of aromatic nitrogens is 2. The second-order valence-corrected chi connectivity index (χ2v) is 12.5. The summed E-state index contributed by atoms with van der Waals surface area (Å²) in [7, 11) is -1.70. The van der Waals surface area contributed by atoms with Crippen molar-refractivity contribution in [1.29, 1.82) is 0 Å². The quantitative estimate of drug-likeness (QED) is 0.816. The summed E-state index contributed by atoms with van der Waals surface area (Å²) in [5.74, 6) is 0.703. The molecule has 1 aliphatic rings. The van der Waals surface area contributed by atoms with Crippen molar-refractivity contribution < 1.29 is 4.43 Å². The van der Waals surface area contributed by atoms with Crippen LogP contribution in [0.1, 0.15) is 39.0 Å². The van der Waals surface area contributed by atoms with E-state index in [4.69, 9.17) is 4.43 Å². The summed E-state index contributed by atoms with van der Waals surface area (Å²) in [5.41, 5.74) is 2.37. The fourth-order valence-corrected chi connectivity index (χ4v) is 3.21. The fourth-order valence-electron chi connectivity index (χ4n) is 2.12. The highest BCUT2D eigenvalue weighted by Crippen LogP contribution is 2.36. The molecule has 0 aromatic carbocycles. The minimum atomic E-state index is -1.70. The normalized spacial score (nSPS) is 17.0. The lowest BCUT2D eigenvalue weighted by molar-refractivity contribution is 0.276. The van der Waals surface area contributed by atoms with Gasteiger partial charge in [-0.1, -0.05) is 20.8 Å². The molecular formula is C16H30N4OSi. The lowest BCUT2D eigenvalue weighted by Gasteiger charge is -2.37. The van der Waals surface area contributed by atoms with Crippen molar-refractivity contribution in [2.75, 3.05) is 18.5 Å². The highest BCUT2D eigenvalue weighted by molar-refractivity contribution is 6.74. The van der Waals surface area contributed by atoms with E-state index in [9.17, 15) is 0 Å². The van der Waals surface area contributed by atoms with Gasteiger partial charge in [0.05, 0.1) is 12.3 Å². The lowest BCUT2D eigenvalue weighted by atomic mass is 10.1. The topological polar surface area (TPSA) is 59.1 Å². The number of hydrogen-bond donors (Lipinski definition) is 2. The lowest BCUT2D eigenvalue weighted by Crippen LogP contribution is -2.43. The van der Waals surface area contributed by atoms with Gasteiger partial charge in [0.25, 0.3) is 0 Å². The van der Waals surface area contributed by atoms with E-state index in [1.165, 1.54) is 5.56 Å². The Hall–Kier alpha value is -0.983. The van der Waals surface area contributed by atoms with Crippen LogP contribution in [0.3, 0.4) is 0 Å². The fraction of sp³-hybridized carbons (Fsp3) is 0.750. The average Bonchev–Trinajstić information content (AvgIpc) is 2.44. The second kappa shape index (κ2) is 6.64. The summed E-state index contributed by atoms with van der Waals surface area (Å²) in [6.45, 7) is 16.0. The van der Waals surface area contributed by atoms with Gasteiger partial charge in [-0.25, -0.2) is 9.97 Å². The molecule has 0 spiro atoms. The Bertz CT molecular complexity index is 513. The highest BCUT2D eigenvalue weighted by atomic mass is 28.4. The first-order chi connectivity index (χ1) is 10.2. The highest BCUT2D eigenvalue weighted by Gasteiger charge is 2.37. The van der Waals surface area contributed by atoms with E-state index in [1.807, 2.05) is 6.20 Å². The molecule has 1 aliphatic heterocycles. The van der Waals surface area contributed by atoms with E-state index in [2.05, 4.69) is 61.4 Å². The van der Waals surface area contributed by atoms with Crippen molar-refractivity contribution in [3.63, 3.8) is 0 Å². The van der Waals surface area contributed by atoms with Gasteiger partial charge in [0.15, 0.2) is 8.32 Å². The molecular weight excluding hydrogens is 292 g/mol. The van der Waals surface area contributed by atoms with Gasteiger partial charge in [-0.3, -0.25) is 0 Å². The van der Waals surface area contributed by atoms with Crippen LogP contribution in [-0.4, -0.2) is 37.5 Å². The zero-order valence-corrected chi connectivity index (χ0v) is 15.8. The number of nitrogens with one attached hydrogen (secondary N) is 2. The maximum Gasteiger partial charge on any atom is 0.223 e. The molecule has 0 bridgehead atoms. The molecule has 1 aromatic heterocycles. The Morgan fingerprint density at radius 3 is 2.82 bits per heavy atom. The van der Waals surface area contributed by atoms with Crippen LogP contribution in [-0.2, 0) is 17.4 Å². The molecule has 0 radical (unpaired) electrons. The van der Waals surface area contributed by atoms with Gasteiger partial charge < -0.3 is 15.1 Å². The van der Waals surface area contributed by atoms with Crippen molar-refractivity contribution in [2.24, 2.45) is 0 Å². The largest absolute Gasteiger partial charge is 0.415 e. The van der Waals surface area contributed by atoms with Crippen LogP contribution >= 0.6 is 0 Å². The Labute approximate surface area is 135 Å². The zero-order valence-electron chi connectivity index (χ0n) is 14.8. The Morgan fingerprint density at radius 1 is 1.41 bits per heavy atom. The molecule has 1 aromatic rings. The third-order valence-corrected chi connectivity index (χ3v) is 9.19. The summed E-state index contributed by atoms with van der Waals surface area (Å²) >= 11 is 0. The molecule has 6 heteroatoms. The number of nitrogens with zero attached hydrogens (tertiary/aromatic N) is 2. The number of anilines is 1. The standard InChI is InChI=1S/C16H30N4OSi/c1-12(11-21-22(5,6)16(2,3)4)19-15-18-9-13-7-8-17-10-14(13)20-15/h9,12,17H,7-8,10-11H2,1-6H3,(H,18,19,20). The summed E-state index contributed by atoms with van der Waals surface area (Å²) in [6.07, 6.45) is 2.96. The minimum absolute atomic E-state index is 0.198. The Balaban J connectivity index is 1.91. The zero-order chi connectivity index (χ0) is 16.4. The smallest absolute Gasteiger partial charge is 0.223 e. The predicted molar refractivity (Wildman–Crippen MR) is 93.7 cm³/mol. The maximum atomic E-state index is 6.25. The molecule has 0 amide bonds. The number of hydrogen-bond acceptors (Lipinski definition) is 5. The van der Waals surface area contributed by atoms with Crippen LogP contribution in [0, 0.1) is 0 Å². The molecule has 0 saturated carbocycles. The first-order valence-electron chi connectivity index (χ1n) is 8.15. The monoisotopic (exact) mass is 322 g/mol. The molecule has 2 N–H and O–H groups in total. The van der Waals surface area contributed by atoms with Crippen LogP contribution in [0.5, 0.6) is 0 Å². The third-order valence-electron chi connectivity index (χ3n) is 4.69. The Morgan fingerprint density at radius 2 is 2.14 bits per heavy atom.